The Morgan fingerprint density at radius 2 is 1.92 bits per heavy atom. The lowest BCUT2D eigenvalue weighted by molar-refractivity contribution is -0.165. The fourth-order valence-electron chi connectivity index (χ4n) is 2.22. The van der Waals surface area contributed by atoms with Gasteiger partial charge in [0.25, 0.3) is 0 Å². The first-order valence-electron chi connectivity index (χ1n) is 7.25. The van der Waals surface area contributed by atoms with Crippen molar-refractivity contribution < 1.29 is 37.1 Å². The molecule has 0 fully saturated rings. The molecule has 1 heterocycles. The van der Waals surface area contributed by atoms with Gasteiger partial charge in [0.05, 0.1) is 11.6 Å². The highest BCUT2D eigenvalue weighted by Crippen LogP contribution is 2.35. The highest BCUT2D eigenvalue weighted by Gasteiger charge is 2.42. The lowest BCUT2D eigenvalue weighted by Gasteiger charge is -2.27. The smallest absolute Gasteiger partial charge is 0.389 e. The number of aliphatic carboxylic acids is 1. The minimum Gasteiger partial charge on any atom is -0.481 e. The number of hydrogen-bond donors (Lipinski definition) is 1. The van der Waals surface area contributed by atoms with E-state index in [1.54, 1.807) is 20.8 Å². The van der Waals surface area contributed by atoms with E-state index in [-0.39, 0.29) is 11.3 Å². The molecule has 1 aromatic rings. The average molecular weight is 351 g/mol. The number of alkyl halides is 3. The molecule has 0 aliphatic carbocycles. The van der Waals surface area contributed by atoms with E-state index in [4.69, 9.17) is 9.26 Å². The fraction of sp³-hybridized carbons (Fsp3) is 0.667. The van der Waals surface area contributed by atoms with E-state index in [2.05, 4.69) is 5.16 Å². The van der Waals surface area contributed by atoms with Gasteiger partial charge in [0.15, 0.2) is 0 Å². The summed E-state index contributed by atoms with van der Waals surface area (Å²) in [6, 6.07) is 0. The Kier molecular flexibility index (Phi) is 6.02. The van der Waals surface area contributed by atoms with Gasteiger partial charge in [-0.2, -0.15) is 13.2 Å². The first-order valence-corrected chi connectivity index (χ1v) is 7.25. The summed E-state index contributed by atoms with van der Waals surface area (Å²) in [5, 5.41) is 12.9. The summed E-state index contributed by atoms with van der Waals surface area (Å²) in [4.78, 5) is 24.0. The number of rotatable bonds is 6. The molecule has 6 nitrogen and oxygen atoms in total. The van der Waals surface area contributed by atoms with Gasteiger partial charge >= 0.3 is 18.1 Å². The maximum Gasteiger partial charge on any atom is 0.389 e. The molecule has 9 heteroatoms. The van der Waals surface area contributed by atoms with Crippen LogP contribution in [0.5, 0.6) is 0 Å². The number of carbonyl (C=O) groups excluding carboxylic acids is 1. The van der Waals surface area contributed by atoms with Gasteiger partial charge in [-0.1, -0.05) is 5.16 Å². The Morgan fingerprint density at radius 3 is 2.29 bits per heavy atom. The molecule has 0 saturated carbocycles. The maximum atomic E-state index is 12.5. The molecule has 0 aliphatic rings. The SMILES string of the molecule is Cc1nocc1C(C(=O)OC(C)(C)C)C(CCC(F)(F)F)C(=O)O. The lowest BCUT2D eigenvalue weighted by atomic mass is 9.83. The van der Waals surface area contributed by atoms with E-state index in [0.717, 1.165) is 6.26 Å². The van der Waals surface area contributed by atoms with Crippen molar-refractivity contribution in [3.63, 3.8) is 0 Å². The van der Waals surface area contributed by atoms with E-state index in [0.29, 0.717) is 0 Å². The zero-order valence-corrected chi connectivity index (χ0v) is 13.8. The quantitative estimate of drug-likeness (QED) is 0.790. The third kappa shape index (κ3) is 5.86. The number of nitrogens with zero attached hydrogens (tertiary/aromatic N) is 1. The Balaban J connectivity index is 3.20. The second-order valence-corrected chi connectivity index (χ2v) is 6.47. The normalized spacial score (nSPS) is 15.0. The second kappa shape index (κ2) is 7.23. The Morgan fingerprint density at radius 1 is 1.33 bits per heavy atom. The maximum absolute atomic E-state index is 12.5. The molecule has 0 aliphatic heterocycles. The molecule has 2 atom stereocenters. The van der Waals surface area contributed by atoms with Crippen LogP contribution < -0.4 is 0 Å². The molecule has 1 aromatic heterocycles. The molecule has 0 saturated heterocycles. The number of halogens is 3. The van der Waals surface area contributed by atoms with E-state index in [1.165, 1.54) is 6.92 Å². The first-order chi connectivity index (χ1) is 10.8. The summed E-state index contributed by atoms with van der Waals surface area (Å²) in [6.07, 6.45) is -5.55. The minimum atomic E-state index is -4.53. The van der Waals surface area contributed by atoms with Crippen LogP contribution in [0.25, 0.3) is 0 Å². The predicted octanol–water partition coefficient (Wildman–Crippen LogP) is 3.45. The summed E-state index contributed by atoms with van der Waals surface area (Å²) in [6.45, 7) is 6.20. The van der Waals surface area contributed by atoms with Crippen LogP contribution in [0.3, 0.4) is 0 Å². The largest absolute Gasteiger partial charge is 0.481 e. The van der Waals surface area contributed by atoms with E-state index >= 15 is 0 Å². The van der Waals surface area contributed by atoms with Crippen molar-refractivity contribution in [1.29, 1.82) is 0 Å². The van der Waals surface area contributed by atoms with Crippen LogP contribution in [0, 0.1) is 12.8 Å². The van der Waals surface area contributed by atoms with Crippen LogP contribution in [0.2, 0.25) is 0 Å². The molecule has 0 amide bonds. The van der Waals surface area contributed by atoms with Crippen LogP contribution in [-0.2, 0) is 14.3 Å². The van der Waals surface area contributed by atoms with Crippen LogP contribution in [-0.4, -0.2) is 34.0 Å². The molecule has 0 bridgehead atoms. The van der Waals surface area contributed by atoms with Gasteiger partial charge in [-0.25, -0.2) is 0 Å². The summed E-state index contributed by atoms with van der Waals surface area (Å²) < 4.78 is 47.4. The highest BCUT2D eigenvalue weighted by atomic mass is 19.4. The summed E-state index contributed by atoms with van der Waals surface area (Å²) in [7, 11) is 0. The van der Waals surface area contributed by atoms with Gasteiger partial charge in [-0.3, -0.25) is 9.59 Å². The first kappa shape index (κ1) is 20.0. The van der Waals surface area contributed by atoms with Crippen molar-refractivity contribution in [3.8, 4) is 0 Å². The number of carboxylic acid groups (broad SMARTS) is 1. The van der Waals surface area contributed by atoms with Gasteiger partial charge in [-0.05, 0) is 34.1 Å². The van der Waals surface area contributed by atoms with Gasteiger partial charge in [0.2, 0.25) is 0 Å². The number of aryl methyl sites for hydroxylation is 1. The van der Waals surface area contributed by atoms with E-state index < -0.39 is 48.4 Å². The van der Waals surface area contributed by atoms with Crippen LogP contribution in [0.4, 0.5) is 13.2 Å². The molecule has 0 aromatic carbocycles. The topological polar surface area (TPSA) is 89.6 Å². The zero-order chi connectivity index (χ0) is 18.7. The van der Waals surface area contributed by atoms with Gasteiger partial charge < -0.3 is 14.4 Å². The summed E-state index contributed by atoms with van der Waals surface area (Å²) >= 11 is 0. The average Bonchev–Trinajstić information content (AvgIpc) is 2.76. The second-order valence-electron chi connectivity index (χ2n) is 6.47. The van der Waals surface area contributed by atoms with E-state index in [1.807, 2.05) is 0 Å². The zero-order valence-electron chi connectivity index (χ0n) is 13.8. The van der Waals surface area contributed by atoms with Crippen LogP contribution >= 0.6 is 0 Å². The van der Waals surface area contributed by atoms with Gasteiger partial charge in [-0.15, -0.1) is 0 Å². The minimum absolute atomic E-state index is 0.110. The molecule has 136 valence electrons. The molecular weight excluding hydrogens is 331 g/mol. The molecule has 1 rings (SSSR count). The Labute approximate surface area is 137 Å². The third-order valence-corrected chi connectivity index (χ3v) is 3.24. The summed E-state index contributed by atoms with van der Waals surface area (Å²) in [5.74, 6) is -5.49. The number of carbonyl (C=O) groups is 2. The van der Waals surface area contributed by atoms with Crippen molar-refractivity contribution in [3.05, 3.63) is 17.5 Å². The van der Waals surface area contributed by atoms with Crippen molar-refractivity contribution in [2.75, 3.05) is 0 Å². The number of hydrogen-bond acceptors (Lipinski definition) is 5. The highest BCUT2D eigenvalue weighted by molar-refractivity contribution is 5.86. The van der Waals surface area contributed by atoms with Gasteiger partial charge in [0.1, 0.15) is 17.8 Å². The lowest BCUT2D eigenvalue weighted by Crippen LogP contribution is -2.35. The predicted molar refractivity (Wildman–Crippen MR) is 76.2 cm³/mol. The Hall–Kier alpha value is -2.06. The van der Waals surface area contributed by atoms with Gasteiger partial charge in [0, 0.05) is 12.0 Å². The van der Waals surface area contributed by atoms with Crippen LogP contribution in [0.15, 0.2) is 10.8 Å². The number of aromatic nitrogens is 1. The molecule has 2 unspecified atom stereocenters. The van der Waals surface area contributed by atoms with Crippen molar-refractivity contribution in [1.82, 2.24) is 5.16 Å². The van der Waals surface area contributed by atoms with Crippen molar-refractivity contribution in [2.24, 2.45) is 5.92 Å². The molecule has 1 N–H and O–H groups in total. The number of carboxylic acids is 1. The van der Waals surface area contributed by atoms with Crippen molar-refractivity contribution >= 4 is 11.9 Å². The van der Waals surface area contributed by atoms with E-state index in [9.17, 15) is 27.9 Å². The molecule has 0 radical (unpaired) electrons. The number of ether oxygens (including phenoxy) is 1. The fourth-order valence-corrected chi connectivity index (χ4v) is 2.22. The molecule has 24 heavy (non-hydrogen) atoms. The molecule has 0 spiro atoms. The number of esters is 1. The molecular formula is C15H20F3NO5. The monoisotopic (exact) mass is 351 g/mol. The Bertz CT molecular complexity index is 589. The third-order valence-electron chi connectivity index (χ3n) is 3.24. The van der Waals surface area contributed by atoms with Crippen molar-refractivity contribution in [2.45, 2.75) is 58.2 Å². The van der Waals surface area contributed by atoms with Crippen LogP contribution in [0.1, 0.15) is 50.8 Å². The standard InChI is InChI=1S/C15H20F3NO5/c1-8-10(7-23-19-8)11(13(22)24-14(2,3)4)9(12(20)21)5-6-15(16,17)18/h7,9,11H,5-6H2,1-4H3,(H,20,21). The summed E-state index contributed by atoms with van der Waals surface area (Å²) in [5.41, 5.74) is -0.587.